The molecule has 1 saturated carbocycles. The molecule has 32 heavy (non-hydrogen) atoms. The average molecular weight is 467 g/mol. The van der Waals surface area contributed by atoms with E-state index in [1.54, 1.807) is 13.0 Å². The van der Waals surface area contributed by atoms with E-state index < -0.39 is 30.5 Å². The number of nitrogens with one attached hydrogen (secondary N) is 1. The van der Waals surface area contributed by atoms with Crippen LogP contribution < -0.4 is 5.32 Å². The Bertz CT molecular complexity index is 995. The zero-order chi connectivity index (χ0) is 23.4. The van der Waals surface area contributed by atoms with Gasteiger partial charge in [0.15, 0.2) is 0 Å². The molecule has 1 fully saturated rings. The summed E-state index contributed by atoms with van der Waals surface area (Å²) in [7, 11) is -3.58. The highest BCUT2D eigenvalue weighted by molar-refractivity contribution is 7.60. The molecule has 3 rings (SSSR count). The second kappa shape index (κ2) is 9.51. The molecule has 3 atom stereocenters. The number of halogens is 3. The third-order valence-corrected chi connectivity index (χ3v) is 8.72. The Morgan fingerprint density at radius 2 is 1.84 bits per heavy atom. The lowest BCUT2D eigenvalue weighted by atomic mass is 10.1. The summed E-state index contributed by atoms with van der Waals surface area (Å²) in [5.74, 6) is -0.307. The van der Waals surface area contributed by atoms with E-state index in [0.29, 0.717) is 12.0 Å². The molecule has 9 heteroatoms. The number of carbonyl (C=O) groups is 1. The number of hydrogen-bond acceptors (Lipinski definition) is 4. The van der Waals surface area contributed by atoms with Crippen LogP contribution in [-0.2, 0) is 32.8 Å². The van der Waals surface area contributed by atoms with Crippen molar-refractivity contribution >= 4 is 13.5 Å². The van der Waals surface area contributed by atoms with Crippen molar-refractivity contribution in [3.63, 3.8) is 0 Å². The minimum Gasteiger partial charge on any atom is -0.445 e. The van der Waals surface area contributed by atoms with Crippen LogP contribution in [0.2, 0.25) is 0 Å². The van der Waals surface area contributed by atoms with Gasteiger partial charge in [0.25, 0.3) is 0 Å². The quantitative estimate of drug-likeness (QED) is 0.345. The Labute approximate surface area is 185 Å². The molecule has 2 aromatic carbocycles. The first kappa shape index (κ1) is 24.1. The number of rotatable bonds is 9. The zero-order valence-electron chi connectivity index (χ0n) is 17.6. The Kier molecular flexibility index (Phi) is 7.16. The number of hydrogen-bond donors (Lipinski definition) is 1. The molecule has 0 bridgehead atoms. The molecule has 3 unspecified atom stereocenters. The molecule has 1 aliphatic rings. The third kappa shape index (κ3) is 5.25. The molecule has 1 amide bonds. The number of alkyl carbamates (subject to hydrolysis) is 1. The van der Waals surface area contributed by atoms with Crippen molar-refractivity contribution in [3.05, 3.63) is 83.9 Å². The molecule has 0 aromatic heterocycles. The summed E-state index contributed by atoms with van der Waals surface area (Å²) in [6, 6.07) is 13.5. The number of alkyl halides is 3. The topological polar surface area (TPSA) is 64.6 Å². The Morgan fingerprint density at radius 3 is 2.38 bits per heavy atom. The van der Waals surface area contributed by atoms with Crippen molar-refractivity contribution in [3.8, 4) is 0 Å². The lowest BCUT2D eigenvalue weighted by Crippen LogP contribution is -2.39. The summed E-state index contributed by atoms with van der Waals surface area (Å²) < 4.78 is 63.5. The van der Waals surface area contributed by atoms with Gasteiger partial charge in [-0.3, -0.25) is 4.57 Å². The Hall–Kier alpha value is -2.57. The number of ether oxygens (including phenoxy) is 1. The van der Waals surface area contributed by atoms with Crippen LogP contribution in [0.3, 0.4) is 0 Å². The fourth-order valence-corrected chi connectivity index (χ4v) is 6.72. The number of amides is 1. The van der Waals surface area contributed by atoms with Crippen LogP contribution in [0.15, 0.2) is 67.3 Å². The van der Waals surface area contributed by atoms with E-state index in [2.05, 4.69) is 11.9 Å². The maximum absolute atomic E-state index is 14.0. The highest BCUT2D eigenvalue weighted by Gasteiger charge is 2.66. The molecule has 5 nitrogen and oxygen atoms in total. The maximum Gasteiger partial charge on any atom is 0.416 e. The third-order valence-electron chi connectivity index (χ3n) is 5.42. The van der Waals surface area contributed by atoms with Gasteiger partial charge in [-0.05, 0) is 36.6 Å². The largest absolute Gasteiger partial charge is 0.445 e. The van der Waals surface area contributed by atoms with Gasteiger partial charge in [0.2, 0.25) is 7.37 Å². The standard InChI is InChI=1S/C23H25F3NO4P/c1-3-19-14-22(19,27-21(28)30-15-17-8-6-5-7-9-17)32(29,31-4-2)16-18-10-12-20(13-11-18)23(24,25)26/h3,5-13,19H,1,4,14-16H2,2H3,(H,27,28). The van der Waals surface area contributed by atoms with Crippen LogP contribution in [-0.4, -0.2) is 18.0 Å². The molecule has 0 heterocycles. The van der Waals surface area contributed by atoms with Gasteiger partial charge >= 0.3 is 12.3 Å². The van der Waals surface area contributed by atoms with Gasteiger partial charge in [-0.15, -0.1) is 6.58 Å². The molecule has 0 aliphatic heterocycles. The monoisotopic (exact) mass is 467 g/mol. The van der Waals surface area contributed by atoms with Gasteiger partial charge in [0.05, 0.1) is 18.3 Å². The molecule has 0 saturated heterocycles. The summed E-state index contributed by atoms with van der Waals surface area (Å²) in [5, 5.41) is 1.51. The fourth-order valence-electron chi connectivity index (χ4n) is 3.66. The smallest absolute Gasteiger partial charge is 0.416 e. The van der Waals surface area contributed by atoms with E-state index in [4.69, 9.17) is 9.26 Å². The van der Waals surface area contributed by atoms with E-state index in [-0.39, 0.29) is 25.3 Å². The predicted molar refractivity (Wildman–Crippen MR) is 115 cm³/mol. The van der Waals surface area contributed by atoms with Crippen molar-refractivity contribution in [2.45, 2.75) is 37.6 Å². The first-order chi connectivity index (χ1) is 15.1. The average Bonchev–Trinajstić information content (AvgIpc) is 3.48. The molecular weight excluding hydrogens is 442 g/mol. The van der Waals surface area contributed by atoms with Crippen LogP contribution >= 0.6 is 7.37 Å². The normalized spacial score (nSPS) is 21.9. The number of carbonyl (C=O) groups excluding carboxylic acids is 1. The lowest BCUT2D eigenvalue weighted by molar-refractivity contribution is -0.137. The first-order valence-corrected chi connectivity index (χ1v) is 12.0. The summed E-state index contributed by atoms with van der Waals surface area (Å²) in [6.45, 7) is 5.57. The van der Waals surface area contributed by atoms with Crippen molar-refractivity contribution < 1.29 is 31.8 Å². The zero-order valence-corrected chi connectivity index (χ0v) is 18.5. The molecule has 0 radical (unpaired) electrons. The van der Waals surface area contributed by atoms with Crippen molar-refractivity contribution in [1.29, 1.82) is 0 Å². The van der Waals surface area contributed by atoms with Crippen LogP contribution in [0.4, 0.5) is 18.0 Å². The predicted octanol–water partition coefficient (Wildman–Crippen LogP) is 6.35. The summed E-state index contributed by atoms with van der Waals surface area (Å²) >= 11 is 0. The lowest BCUT2D eigenvalue weighted by Gasteiger charge is -2.29. The second-order valence-electron chi connectivity index (χ2n) is 7.60. The van der Waals surface area contributed by atoms with Crippen LogP contribution in [0.1, 0.15) is 30.0 Å². The second-order valence-corrected chi connectivity index (χ2v) is 10.3. The van der Waals surface area contributed by atoms with E-state index in [1.807, 2.05) is 30.3 Å². The maximum atomic E-state index is 14.0. The highest BCUT2D eigenvalue weighted by atomic mass is 31.2. The van der Waals surface area contributed by atoms with Gasteiger partial charge in [0.1, 0.15) is 11.9 Å². The van der Waals surface area contributed by atoms with Crippen molar-refractivity contribution in [1.82, 2.24) is 5.32 Å². The summed E-state index contributed by atoms with van der Waals surface area (Å²) in [6.07, 6.45) is -3.39. The van der Waals surface area contributed by atoms with E-state index in [0.717, 1.165) is 17.7 Å². The molecule has 2 aromatic rings. The van der Waals surface area contributed by atoms with Crippen molar-refractivity contribution in [2.75, 3.05) is 6.61 Å². The highest BCUT2D eigenvalue weighted by Crippen LogP contribution is 2.73. The van der Waals surface area contributed by atoms with Gasteiger partial charge in [0, 0.05) is 5.92 Å². The summed E-state index contributed by atoms with van der Waals surface area (Å²) in [4.78, 5) is 12.5. The van der Waals surface area contributed by atoms with E-state index >= 15 is 0 Å². The van der Waals surface area contributed by atoms with Crippen molar-refractivity contribution in [2.24, 2.45) is 5.92 Å². The Morgan fingerprint density at radius 1 is 1.19 bits per heavy atom. The minimum absolute atomic E-state index is 0.0410. The van der Waals surface area contributed by atoms with Gasteiger partial charge in [-0.2, -0.15) is 13.2 Å². The minimum atomic E-state index is -4.46. The molecule has 1 aliphatic carbocycles. The molecule has 0 spiro atoms. The Balaban J connectivity index is 1.78. The van der Waals surface area contributed by atoms with Crippen LogP contribution in [0.25, 0.3) is 0 Å². The summed E-state index contributed by atoms with van der Waals surface area (Å²) in [5.41, 5.74) is 0.425. The van der Waals surface area contributed by atoms with Crippen LogP contribution in [0, 0.1) is 5.92 Å². The molecule has 1 N–H and O–H groups in total. The number of benzene rings is 2. The fraction of sp³-hybridized carbons (Fsp3) is 0.348. The van der Waals surface area contributed by atoms with Gasteiger partial charge < -0.3 is 14.6 Å². The first-order valence-electron chi connectivity index (χ1n) is 10.1. The molecular formula is C23H25F3NO4P. The van der Waals surface area contributed by atoms with Gasteiger partial charge in [-0.25, -0.2) is 4.79 Å². The van der Waals surface area contributed by atoms with E-state index in [9.17, 15) is 22.5 Å². The van der Waals surface area contributed by atoms with E-state index in [1.165, 1.54) is 12.1 Å². The van der Waals surface area contributed by atoms with Crippen LogP contribution in [0.5, 0.6) is 0 Å². The SMILES string of the molecule is C=CC1CC1(NC(=O)OCc1ccccc1)P(=O)(Cc1ccc(C(F)(F)F)cc1)OCC. The molecule has 172 valence electrons. The van der Waals surface area contributed by atoms with Gasteiger partial charge in [-0.1, -0.05) is 48.5 Å².